The standard InChI is InChI=1S/C57H37N5/c1-4-15-38(16-5-1)39-27-31-42(32-28-39)56-58-55(41-17-6-2-7-18-41)59-57(60-56)43-33-29-40(30-34-43)44-19-14-22-46(37-44)62-52-26-13-11-24-48(52)50-36-35-49-47-23-10-12-25-51(47)61(53(49)54(50)62)45-20-8-3-9-21-45/h1-37H. The Morgan fingerprint density at radius 2 is 0.597 bits per heavy atom. The third-order valence-corrected chi connectivity index (χ3v) is 12.0. The molecule has 3 aromatic heterocycles. The van der Waals surface area contributed by atoms with Crippen LogP contribution in [0.3, 0.4) is 0 Å². The number of fused-ring (bicyclic) bond motifs is 7. The van der Waals surface area contributed by atoms with Crippen LogP contribution in [0.4, 0.5) is 0 Å². The molecule has 12 rings (SSSR count). The maximum atomic E-state index is 5.05. The van der Waals surface area contributed by atoms with Crippen LogP contribution in [-0.4, -0.2) is 24.1 Å². The molecule has 62 heavy (non-hydrogen) atoms. The van der Waals surface area contributed by atoms with Gasteiger partial charge in [-0.25, -0.2) is 15.0 Å². The summed E-state index contributed by atoms with van der Waals surface area (Å²) in [5.41, 5.74) is 14.3. The normalized spacial score (nSPS) is 11.5. The Kier molecular flexibility index (Phi) is 8.42. The van der Waals surface area contributed by atoms with Gasteiger partial charge in [-0.1, -0.05) is 188 Å². The number of benzene rings is 9. The molecule has 0 amide bonds. The zero-order valence-corrected chi connectivity index (χ0v) is 33.6. The lowest BCUT2D eigenvalue weighted by Gasteiger charge is -2.14. The van der Waals surface area contributed by atoms with Crippen molar-refractivity contribution in [1.29, 1.82) is 0 Å². The molecule has 290 valence electrons. The molecule has 0 saturated carbocycles. The summed E-state index contributed by atoms with van der Waals surface area (Å²) < 4.78 is 4.88. The van der Waals surface area contributed by atoms with Crippen molar-refractivity contribution in [1.82, 2.24) is 24.1 Å². The molecule has 0 unspecified atom stereocenters. The van der Waals surface area contributed by atoms with Gasteiger partial charge in [0.15, 0.2) is 17.5 Å². The van der Waals surface area contributed by atoms with E-state index < -0.39 is 0 Å². The first-order valence-corrected chi connectivity index (χ1v) is 20.9. The van der Waals surface area contributed by atoms with Crippen molar-refractivity contribution in [3.05, 3.63) is 224 Å². The Labute approximate surface area is 358 Å². The minimum absolute atomic E-state index is 0.629. The lowest BCUT2D eigenvalue weighted by atomic mass is 10.0. The molecular weight excluding hydrogens is 755 g/mol. The fourth-order valence-corrected chi connectivity index (χ4v) is 9.04. The summed E-state index contributed by atoms with van der Waals surface area (Å²) in [4.78, 5) is 15.0. The first kappa shape index (κ1) is 35.5. The molecule has 0 N–H and O–H groups in total. The Bertz CT molecular complexity index is 3590. The molecule has 0 spiro atoms. The van der Waals surface area contributed by atoms with Crippen molar-refractivity contribution >= 4 is 43.6 Å². The highest BCUT2D eigenvalue weighted by Crippen LogP contribution is 2.42. The van der Waals surface area contributed by atoms with E-state index >= 15 is 0 Å². The van der Waals surface area contributed by atoms with Gasteiger partial charge in [0.25, 0.3) is 0 Å². The molecule has 3 heterocycles. The lowest BCUT2D eigenvalue weighted by molar-refractivity contribution is 1.07. The van der Waals surface area contributed by atoms with Crippen LogP contribution in [-0.2, 0) is 0 Å². The molecule has 0 aliphatic rings. The van der Waals surface area contributed by atoms with Crippen molar-refractivity contribution in [2.75, 3.05) is 0 Å². The second kappa shape index (κ2) is 14.7. The van der Waals surface area contributed by atoms with Gasteiger partial charge in [0.1, 0.15) is 0 Å². The molecule has 0 radical (unpaired) electrons. The highest BCUT2D eigenvalue weighted by atomic mass is 15.0. The quantitative estimate of drug-likeness (QED) is 0.162. The van der Waals surface area contributed by atoms with Gasteiger partial charge < -0.3 is 9.13 Å². The van der Waals surface area contributed by atoms with E-state index in [2.05, 4.69) is 197 Å². The number of rotatable bonds is 7. The van der Waals surface area contributed by atoms with Crippen LogP contribution in [0.15, 0.2) is 224 Å². The highest BCUT2D eigenvalue weighted by Gasteiger charge is 2.21. The second-order valence-electron chi connectivity index (χ2n) is 15.6. The maximum Gasteiger partial charge on any atom is 0.164 e. The van der Waals surface area contributed by atoms with Crippen LogP contribution in [0, 0.1) is 0 Å². The van der Waals surface area contributed by atoms with Crippen LogP contribution in [0.2, 0.25) is 0 Å². The lowest BCUT2D eigenvalue weighted by Crippen LogP contribution is -2.00. The number of aromatic nitrogens is 5. The Hall–Kier alpha value is -8.41. The summed E-state index contributed by atoms with van der Waals surface area (Å²) in [6.07, 6.45) is 0. The number of nitrogens with zero attached hydrogens (tertiary/aromatic N) is 5. The molecule has 12 aromatic rings. The van der Waals surface area contributed by atoms with E-state index in [0.29, 0.717) is 17.5 Å². The molecule has 0 saturated heterocycles. The van der Waals surface area contributed by atoms with Gasteiger partial charge >= 0.3 is 0 Å². The molecule has 0 aliphatic carbocycles. The summed E-state index contributed by atoms with van der Waals surface area (Å²) in [7, 11) is 0. The molecule has 0 bridgehead atoms. The smallest absolute Gasteiger partial charge is 0.164 e. The average molecular weight is 792 g/mol. The fraction of sp³-hybridized carbons (Fsp3) is 0. The summed E-state index contributed by atoms with van der Waals surface area (Å²) in [6, 6.07) is 79.3. The zero-order valence-electron chi connectivity index (χ0n) is 33.6. The number of hydrogen-bond donors (Lipinski definition) is 0. The molecule has 5 nitrogen and oxygen atoms in total. The monoisotopic (exact) mass is 791 g/mol. The van der Waals surface area contributed by atoms with E-state index in [1.807, 2.05) is 36.4 Å². The van der Waals surface area contributed by atoms with Gasteiger partial charge in [-0.15, -0.1) is 0 Å². The van der Waals surface area contributed by atoms with E-state index in [0.717, 1.165) is 44.8 Å². The van der Waals surface area contributed by atoms with Gasteiger partial charge in [0.05, 0.1) is 22.1 Å². The van der Waals surface area contributed by atoms with Crippen molar-refractivity contribution in [2.24, 2.45) is 0 Å². The van der Waals surface area contributed by atoms with E-state index in [-0.39, 0.29) is 0 Å². The van der Waals surface area contributed by atoms with Gasteiger partial charge in [0.2, 0.25) is 0 Å². The number of para-hydroxylation sites is 3. The van der Waals surface area contributed by atoms with Gasteiger partial charge in [0, 0.05) is 49.6 Å². The van der Waals surface area contributed by atoms with Crippen LogP contribution >= 0.6 is 0 Å². The summed E-state index contributed by atoms with van der Waals surface area (Å²) in [5, 5.41) is 4.92. The third-order valence-electron chi connectivity index (χ3n) is 12.0. The van der Waals surface area contributed by atoms with Crippen LogP contribution < -0.4 is 0 Å². The van der Waals surface area contributed by atoms with Crippen LogP contribution in [0.5, 0.6) is 0 Å². The van der Waals surface area contributed by atoms with Crippen LogP contribution in [0.25, 0.3) is 111 Å². The first-order valence-electron chi connectivity index (χ1n) is 20.9. The molecule has 0 aliphatic heterocycles. The van der Waals surface area contributed by atoms with Crippen molar-refractivity contribution in [3.8, 4) is 67.8 Å². The van der Waals surface area contributed by atoms with E-state index in [1.165, 1.54) is 49.2 Å². The van der Waals surface area contributed by atoms with Gasteiger partial charge in [-0.3, -0.25) is 0 Å². The molecule has 9 aromatic carbocycles. The fourth-order valence-electron chi connectivity index (χ4n) is 9.04. The third kappa shape index (κ3) is 5.98. The van der Waals surface area contributed by atoms with Crippen molar-refractivity contribution in [2.45, 2.75) is 0 Å². The summed E-state index contributed by atoms with van der Waals surface area (Å²) in [5.74, 6) is 1.90. The second-order valence-corrected chi connectivity index (χ2v) is 15.6. The highest BCUT2D eigenvalue weighted by molar-refractivity contribution is 6.23. The molecule has 0 atom stereocenters. The van der Waals surface area contributed by atoms with E-state index in [9.17, 15) is 0 Å². The van der Waals surface area contributed by atoms with Crippen LogP contribution in [0.1, 0.15) is 0 Å². The Morgan fingerprint density at radius 3 is 1.13 bits per heavy atom. The zero-order chi connectivity index (χ0) is 41.0. The minimum Gasteiger partial charge on any atom is -0.307 e. The summed E-state index contributed by atoms with van der Waals surface area (Å²) >= 11 is 0. The predicted octanol–water partition coefficient (Wildman–Crippen LogP) is 14.4. The van der Waals surface area contributed by atoms with Crippen molar-refractivity contribution in [3.63, 3.8) is 0 Å². The minimum atomic E-state index is 0.629. The topological polar surface area (TPSA) is 48.5 Å². The first-order chi connectivity index (χ1) is 30.7. The average Bonchev–Trinajstić information content (AvgIpc) is 3.88. The Morgan fingerprint density at radius 1 is 0.242 bits per heavy atom. The molecule has 0 fully saturated rings. The summed E-state index contributed by atoms with van der Waals surface area (Å²) in [6.45, 7) is 0. The van der Waals surface area contributed by atoms with Crippen molar-refractivity contribution < 1.29 is 0 Å². The predicted molar refractivity (Wildman–Crippen MR) is 256 cm³/mol. The van der Waals surface area contributed by atoms with Gasteiger partial charge in [-0.05, 0) is 58.7 Å². The van der Waals surface area contributed by atoms with Gasteiger partial charge in [-0.2, -0.15) is 0 Å². The van der Waals surface area contributed by atoms with E-state index in [4.69, 9.17) is 15.0 Å². The molecule has 5 heteroatoms. The number of hydrogen-bond acceptors (Lipinski definition) is 3. The SMILES string of the molecule is c1ccc(-c2ccc(-c3nc(-c4ccccc4)nc(-c4ccc(-c5cccc(-n6c7ccccc7c7ccc8c9ccccc9n(-c9ccccc9)c8c76)c5)cc4)n3)cc2)cc1. The molecular formula is C57H37N5. The maximum absolute atomic E-state index is 5.05. The van der Waals surface area contributed by atoms with E-state index in [1.54, 1.807) is 0 Å². The Balaban J connectivity index is 0.971. The largest absolute Gasteiger partial charge is 0.307 e.